The summed E-state index contributed by atoms with van der Waals surface area (Å²) in [5, 5.41) is 1.16. The summed E-state index contributed by atoms with van der Waals surface area (Å²) < 4.78 is 0. The molecule has 0 saturated heterocycles. The van der Waals surface area contributed by atoms with Crippen LogP contribution in [0, 0.1) is 0 Å². The first-order valence-electron chi connectivity index (χ1n) is 8.69. The SMILES string of the molecule is CCCCCCCCCCCCC(C)=C(C)C(=O)N(C)N. The number of hydrazine groups is 1. The highest BCUT2D eigenvalue weighted by molar-refractivity contribution is 5.92. The molecule has 0 spiro atoms. The normalized spacial score (nSPS) is 12.2. The van der Waals surface area contributed by atoms with Crippen molar-refractivity contribution < 1.29 is 4.79 Å². The van der Waals surface area contributed by atoms with E-state index < -0.39 is 0 Å². The zero-order valence-electron chi connectivity index (χ0n) is 14.7. The van der Waals surface area contributed by atoms with E-state index in [0.717, 1.165) is 17.0 Å². The van der Waals surface area contributed by atoms with E-state index in [1.807, 2.05) is 13.8 Å². The second-order valence-electron chi connectivity index (χ2n) is 6.25. The quantitative estimate of drug-likeness (QED) is 0.182. The molecule has 0 bridgehead atoms. The summed E-state index contributed by atoms with van der Waals surface area (Å²) in [6.45, 7) is 6.18. The van der Waals surface area contributed by atoms with Crippen molar-refractivity contribution in [1.82, 2.24) is 5.01 Å². The van der Waals surface area contributed by atoms with Crippen molar-refractivity contribution in [2.24, 2.45) is 5.84 Å². The van der Waals surface area contributed by atoms with Gasteiger partial charge < -0.3 is 0 Å². The monoisotopic (exact) mass is 296 g/mol. The summed E-state index contributed by atoms with van der Waals surface area (Å²) in [5.41, 5.74) is 1.98. The smallest absolute Gasteiger partial charge is 0.263 e. The Balaban J connectivity index is 3.58. The maximum Gasteiger partial charge on any atom is 0.263 e. The van der Waals surface area contributed by atoms with Crippen LogP contribution in [0.25, 0.3) is 0 Å². The van der Waals surface area contributed by atoms with Crippen molar-refractivity contribution in [2.75, 3.05) is 7.05 Å². The lowest BCUT2D eigenvalue weighted by atomic mass is 10.0. The fourth-order valence-electron chi connectivity index (χ4n) is 2.51. The minimum absolute atomic E-state index is 0.0698. The van der Waals surface area contributed by atoms with E-state index in [0.29, 0.717) is 0 Å². The van der Waals surface area contributed by atoms with Gasteiger partial charge in [0.15, 0.2) is 0 Å². The van der Waals surface area contributed by atoms with E-state index in [9.17, 15) is 4.79 Å². The highest BCUT2D eigenvalue weighted by atomic mass is 16.2. The highest BCUT2D eigenvalue weighted by Gasteiger charge is 2.09. The van der Waals surface area contributed by atoms with Crippen LogP contribution in [0.1, 0.15) is 91.4 Å². The molecule has 0 aliphatic rings. The molecule has 0 saturated carbocycles. The van der Waals surface area contributed by atoms with Gasteiger partial charge in [-0.25, -0.2) is 5.84 Å². The van der Waals surface area contributed by atoms with E-state index in [1.54, 1.807) is 7.05 Å². The van der Waals surface area contributed by atoms with E-state index >= 15 is 0 Å². The number of hydrogen-bond donors (Lipinski definition) is 1. The summed E-state index contributed by atoms with van der Waals surface area (Å²) in [7, 11) is 1.60. The van der Waals surface area contributed by atoms with Crippen molar-refractivity contribution in [3.63, 3.8) is 0 Å². The number of carbonyl (C=O) groups is 1. The number of allylic oxidation sites excluding steroid dienone is 1. The number of likely N-dealkylation sites (N-methyl/N-ethyl adjacent to an activating group) is 1. The van der Waals surface area contributed by atoms with Crippen LogP contribution >= 0.6 is 0 Å². The number of hydrogen-bond acceptors (Lipinski definition) is 2. The zero-order chi connectivity index (χ0) is 16.1. The Labute approximate surface area is 131 Å². The van der Waals surface area contributed by atoms with Gasteiger partial charge in [0.2, 0.25) is 0 Å². The summed E-state index contributed by atoms with van der Waals surface area (Å²) >= 11 is 0. The fourth-order valence-corrected chi connectivity index (χ4v) is 2.51. The minimum Gasteiger partial charge on any atom is -0.280 e. The number of rotatable bonds is 12. The van der Waals surface area contributed by atoms with Crippen LogP contribution in [0.3, 0.4) is 0 Å². The number of amides is 1. The Morgan fingerprint density at radius 3 is 1.71 bits per heavy atom. The van der Waals surface area contributed by atoms with E-state index in [-0.39, 0.29) is 5.91 Å². The number of unbranched alkanes of at least 4 members (excludes halogenated alkanes) is 9. The third-order valence-corrected chi connectivity index (χ3v) is 4.19. The van der Waals surface area contributed by atoms with Crippen LogP contribution in [-0.4, -0.2) is 18.0 Å². The van der Waals surface area contributed by atoms with Crippen LogP contribution in [0.5, 0.6) is 0 Å². The molecule has 0 heterocycles. The molecule has 0 aromatic rings. The van der Waals surface area contributed by atoms with Gasteiger partial charge in [-0.05, 0) is 26.7 Å². The molecule has 0 aliphatic heterocycles. The Morgan fingerprint density at radius 2 is 1.29 bits per heavy atom. The maximum atomic E-state index is 11.7. The molecule has 0 fully saturated rings. The Bertz CT molecular complexity index is 308. The molecule has 0 radical (unpaired) electrons. The molecular formula is C18H36N2O. The third kappa shape index (κ3) is 10.5. The molecule has 0 unspecified atom stereocenters. The summed E-state index contributed by atoms with van der Waals surface area (Å²) in [6.07, 6.45) is 14.5. The summed E-state index contributed by atoms with van der Waals surface area (Å²) in [4.78, 5) is 11.7. The molecule has 0 aromatic carbocycles. The Kier molecular flexibility index (Phi) is 12.4. The lowest BCUT2D eigenvalue weighted by molar-refractivity contribution is -0.126. The van der Waals surface area contributed by atoms with Gasteiger partial charge in [0.25, 0.3) is 5.91 Å². The van der Waals surface area contributed by atoms with Gasteiger partial charge in [0.05, 0.1) is 0 Å². The Hall–Kier alpha value is -0.830. The third-order valence-electron chi connectivity index (χ3n) is 4.19. The van der Waals surface area contributed by atoms with Crippen LogP contribution in [-0.2, 0) is 4.79 Å². The van der Waals surface area contributed by atoms with Gasteiger partial charge >= 0.3 is 0 Å². The number of nitrogens with two attached hydrogens (primary N) is 1. The Morgan fingerprint density at radius 1 is 0.857 bits per heavy atom. The number of carbonyl (C=O) groups excluding carboxylic acids is 1. The van der Waals surface area contributed by atoms with E-state index in [1.165, 1.54) is 69.8 Å². The predicted molar refractivity (Wildman–Crippen MR) is 91.8 cm³/mol. The van der Waals surface area contributed by atoms with Gasteiger partial charge in [-0.3, -0.25) is 9.80 Å². The van der Waals surface area contributed by atoms with E-state index in [2.05, 4.69) is 6.92 Å². The maximum absolute atomic E-state index is 11.7. The predicted octanol–water partition coefficient (Wildman–Crippen LogP) is 4.97. The van der Waals surface area contributed by atoms with Gasteiger partial charge in [0, 0.05) is 12.6 Å². The average molecular weight is 296 g/mol. The van der Waals surface area contributed by atoms with Crippen LogP contribution < -0.4 is 5.84 Å². The van der Waals surface area contributed by atoms with Crippen molar-refractivity contribution in [3.8, 4) is 0 Å². The molecule has 1 amide bonds. The molecule has 0 rings (SSSR count). The average Bonchev–Trinajstić information content (AvgIpc) is 2.47. The second-order valence-corrected chi connectivity index (χ2v) is 6.25. The first kappa shape index (κ1) is 20.2. The van der Waals surface area contributed by atoms with Crippen LogP contribution in [0.2, 0.25) is 0 Å². The van der Waals surface area contributed by atoms with Crippen LogP contribution in [0.15, 0.2) is 11.1 Å². The van der Waals surface area contributed by atoms with Crippen molar-refractivity contribution in [2.45, 2.75) is 91.4 Å². The topological polar surface area (TPSA) is 46.3 Å². The molecule has 124 valence electrons. The van der Waals surface area contributed by atoms with Gasteiger partial charge in [-0.15, -0.1) is 0 Å². The largest absolute Gasteiger partial charge is 0.280 e. The molecular weight excluding hydrogens is 260 g/mol. The van der Waals surface area contributed by atoms with Crippen molar-refractivity contribution in [3.05, 3.63) is 11.1 Å². The first-order valence-corrected chi connectivity index (χ1v) is 8.69. The van der Waals surface area contributed by atoms with Crippen molar-refractivity contribution in [1.29, 1.82) is 0 Å². The molecule has 21 heavy (non-hydrogen) atoms. The summed E-state index contributed by atoms with van der Waals surface area (Å²) in [5.74, 6) is 5.41. The molecule has 3 heteroatoms. The lowest BCUT2D eigenvalue weighted by Crippen LogP contribution is -2.34. The molecule has 0 atom stereocenters. The van der Waals surface area contributed by atoms with Gasteiger partial charge in [0.1, 0.15) is 0 Å². The highest BCUT2D eigenvalue weighted by Crippen LogP contribution is 2.16. The first-order chi connectivity index (χ1) is 10.0. The van der Waals surface area contributed by atoms with Gasteiger partial charge in [-0.1, -0.05) is 70.3 Å². The summed E-state index contributed by atoms with van der Waals surface area (Å²) in [6, 6.07) is 0. The molecule has 2 N–H and O–H groups in total. The van der Waals surface area contributed by atoms with Gasteiger partial charge in [-0.2, -0.15) is 0 Å². The second kappa shape index (κ2) is 12.9. The van der Waals surface area contributed by atoms with Crippen LogP contribution in [0.4, 0.5) is 0 Å². The fraction of sp³-hybridized carbons (Fsp3) is 0.833. The number of nitrogens with zero attached hydrogens (tertiary/aromatic N) is 1. The standard InChI is InChI=1S/C18H36N2O/c1-5-6-7-8-9-10-11-12-13-14-15-16(2)17(3)18(21)20(4)19/h5-15,19H2,1-4H3. The van der Waals surface area contributed by atoms with E-state index in [4.69, 9.17) is 5.84 Å². The lowest BCUT2D eigenvalue weighted by Gasteiger charge is -2.12. The molecule has 0 aliphatic carbocycles. The molecule has 0 aromatic heterocycles. The van der Waals surface area contributed by atoms with Crippen molar-refractivity contribution >= 4 is 5.91 Å². The molecule has 3 nitrogen and oxygen atoms in total. The zero-order valence-corrected chi connectivity index (χ0v) is 14.7. The minimum atomic E-state index is -0.0698.